The second-order valence-electron chi connectivity index (χ2n) is 5.28. The molecule has 116 valence electrons. The maximum absolute atomic E-state index is 13.0. The second-order valence-corrected chi connectivity index (χ2v) is 6.26. The van der Waals surface area contributed by atoms with Crippen LogP contribution in [0.1, 0.15) is 24.8 Å². The SMILES string of the molecule is CSCCC(=O)N(Cc1ccc(F)cc1)C[C@@H]1CCCO1. The van der Waals surface area contributed by atoms with Crippen molar-refractivity contribution in [3.05, 3.63) is 35.6 Å². The summed E-state index contributed by atoms with van der Waals surface area (Å²) in [6, 6.07) is 6.34. The molecule has 0 spiro atoms. The molecule has 0 aliphatic carbocycles. The standard InChI is InChI=1S/C16H22FNO2S/c1-21-10-8-16(19)18(12-15-3-2-9-20-15)11-13-4-6-14(17)7-5-13/h4-7,15H,2-3,8-12H2,1H3/t15-/m0/s1. The van der Waals surface area contributed by atoms with Crippen LogP contribution in [-0.2, 0) is 16.1 Å². The molecular weight excluding hydrogens is 289 g/mol. The minimum atomic E-state index is -0.252. The van der Waals surface area contributed by atoms with Gasteiger partial charge in [0.05, 0.1) is 6.10 Å². The van der Waals surface area contributed by atoms with E-state index in [4.69, 9.17) is 4.74 Å². The first-order valence-electron chi connectivity index (χ1n) is 7.32. The summed E-state index contributed by atoms with van der Waals surface area (Å²) < 4.78 is 18.6. The number of halogens is 1. The molecule has 1 aliphatic heterocycles. The summed E-state index contributed by atoms with van der Waals surface area (Å²) in [5.41, 5.74) is 0.951. The van der Waals surface area contributed by atoms with E-state index in [-0.39, 0.29) is 17.8 Å². The van der Waals surface area contributed by atoms with Crippen molar-refractivity contribution in [1.29, 1.82) is 0 Å². The largest absolute Gasteiger partial charge is 0.376 e. The van der Waals surface area contributed by atoms with E-state index < -0.39 is 0 Å². The van der Waals surface area contributed by atoms with Gasteiger partial charge in [0.15, 0.2) is 0 Å². The van der Waals surface area contributed by atoms with Gasteiger partial charge in [0.1, 0.15) is 5.82 Å². The summed E-state index contributed by atoms with van der Waals surface area (Å²) in [5, 5.41) is 0. The summed E-state index contributed by atoms with van der Waals surface area (Å²) in [7, 11) is 0. The topological polar surface area (TPSA) is 29.5 Å². The van der Waals surface area contributed by atoms with Crippen LogP contribution in [0.4, 0.5) is 4.39 Å². The number of hydrogen-bond donors (Lipinski definition) is 0. The highest BCUT2D eigenvalue weighted by atomic mass is 32.2. The fourth-order valence-electron chi connectivity index (χ4n) is 2.45. The molecule has 0 radical (unpaired) electrons. The summed E-state index contributed by atoms with van der Waals surface area (Å²) in [6.45, 7) is 1.94. The minimum absolute atomic E-state index is 0.142. The summed E-state index contributed by atoms with van der Waals surface area (Å²) in [5.74, 6) is 0.715. The van der Waals surface area contributed by atoms with Crippen LogP contribution >= 0.6 is 11.8 Å². The number of amides is 1. The first-order valence-corrected chi connectivity index (χ1v) is 8.71. The zero-order valence-corrected chi connectivity index (χ0v) is 13.2. The summed E-state index contributed by atoms with van der Waals surface area (Å²) in [6.07, 6.45) is 4.75. The fourth-order valence-corrected chi connectivity index (χ4v) is 2.83. The number of carbonyl (C=O) groups excluding carboxylic acids is 1. The van der Waals surface area contributed by atoms with Crippen LogP contribution in [-0.4, -0.2) is 42.1 Å². The molecule has 0 saturated carbocycles. The van der Waals surface area contributed by atoms with Crippen molar-refractivity contribution in [3.8, 4) is 0 Å². The van der Waals surface area contributed by atoms with Gasteiger partial charge >= 0.3 is 0 Å². The molecule has 0 unspecified atom stereocenters. The van der Waals surface area contributed by atoms with E-state index in [9.17, 15) is 9.18 Å². The number of hydrogen-bond acceptors (Lipinski definition) is 3. The molecule has 2 rings (SSSR count). The third kappa shape index (κ3) is 5.32. The zero-order chi connectivity index (χ0) is 15.1. The average Bonchev–Trinajstić information content (AvgIpc) is 2.99. The zero-order valence-electron chi connectivity index (χ0n) is 12.4. The molecular formula is C16H22FNO2S. The van der Waals surface area contributed by atoms with Crippen LogP contribution in [0.5, 0.6) is 0 Å². The lowest BCUT2D eigenvalue weighted by atomic mass is 10.1. The first-order chi connectivity index (χ1) is 10.2. The molecule has 1 aromatic carbocycles. The van der Waals surface area contributed by atoms with Gasteiger partial charge in [-0.3, -0.25) is 4.79 Å². The van der Waals surface area contributed by atoms with Crippen LogP contribution in [0.25, 0.3) is 0 Å². The number of carbonyl (C=O) groups is 1. The van der Waals surface area contributed by atoms with Crippen LogP contribution in [0.3, 0.4) is 0 Å². The van der Waals surface area contributed by atoms with Gasteiger partial charge in [-0.15, -0.1) is 0 Å². The predicted molar refractivity (Wildman–Crippen MR) is 83.8 cm³/mol. The Labute approximate surface area is 129 Å². The Kier molecular flexibility index (Phi) is 6.51. The van der Waals surface area contributed by atoms with Gasteiger partial charge in [0, 0.05) is 31.9 Å². The van der Waals surface area contributed by atoms with E-state index in [1.165, 1.54) is 12.1 Å². The molecule has 1 aliphatic rings. The highest BCUT2D eigenvalue weighted by molar-refractivity contribution is 7.98. The molecule has 21 heavy (non-hydrogen) atoms. The van der Waals surface area contributed by atoms with Gasteiger partial charge in [-0.2, -0.15) is 11.8 Å². The van der Waals surface area contributed by atoms with Crippen molar-refractivity contribution >= 4 is 17.7 Å². The predicted octanol–water partition coefficient (Wildman–Crippen LogP) is 3.09. The Morgan fingerprint density at radius 3 is 2.81 bits per heavy atom. The fraction of sp³-hybridized carbons (Fsp3) is 0.562. The monoisotopic (exact) mass is 311 g/mol. The second kappa shape index (κ2) is 8.39. The molecule has 5 heteroatoms. The maximum atomic E-state index is 13.0. The Hall–Kier alpha value is -1.07. The van der Waals surface area contributed by atoms with Gasteiger partial charge in [-0.05, 0) is 36.8 Å². The molecule has 1 atom stereocenters. The lowest BCUT2D eigenvalue weighted by Gasteiger charge is -2.25. The molecule has 0 bridgehead atoms. The molecule has 1 heterocycles. The van der Waals surface area contributed by atoms with E-state index in [1.54, 1.807) is 23.9 Å². The van der Waals surface area contributed by atoms with E-state index in [1.807, 2.05) is 11.2 Å². The quantitative estimate of drug-likeness (QED) is 0.775. The Morgan fingerprint density at radius 1 is 1.43 bits per heavy atom. The van der Waals surface area contributed by atoms with E-state index in [2.05, 4.69) is 0 Å². The highest BCUT2D eigenvalue weighted by Gasteiger charge is 2.22. The van der Waals surface area contributed by atoms with Gasteiger partial charge in [-0.25, -0.2) is 4.39 Å². The highest BCUT2D eigenvalue weighted by Crippen LogP contribution is 2.16. The van der Waals surface area contributed by atoms with Crippen LogP contribution in [0, 0.1) is 5.82 Å². The van der Waals surface area contributed by atoms with E-state index in [0.29, 0.717) is 19.5 Å². The van der Waals surface area contributed by atoms with Crippen molar-refractivity contribution in [2.75, 3.05) is 25.2 Å². The van der Waals surface area contributed by atoms with Gasteiger partial charge < -0.3 is 9.64 Å². The molecule has 0 N–H and O–H groups in total. The Balaban J connectivity index is 1.99. The summed E-state index contributed by atoms with van der Waals surface area (Å²) in [4.78, 5) is 14.2. The lowest BCUT2D eigenvalue weighted by Crippen LogP contribution is -2.37. The van der Waals surface area contributed by atoms with E-state index in [0.717, 1.165) is 30.8 Å². The van der Waals surface area contributed by atoms with Crippen LogP contribution in [0.15, 0.2) is 24.3 Å². The lowest BCUT2D eigenvalue weighted by molar-refractivity contribution is -0.133. The molecule has 1 fully saturated rings. The average molecular weight is 311 g/mol. The molecule has 1 aromatic rings. The number of nitrogens with zero attached hydrogens (tertiary/aromatic N) is 1. The van der Waals surface area contributed by atoms with Crippen LogP contribution < -0.4 is 0 Å². The molecule has 1 saturated heterocycles. The normalized spacial score (nSPS) is 17.9. The molecule has 0 aromatic heterocycles. The number of benzene rings is 1. The van der Waals surface area contributed by atoms with Crippen molar-refractivity contribution in [2.45, 2.75) is 31.9 Å². The van der Waals surface area contributed by atoms with Crippen molar-refractivity contribution < 1.29 is 13.9 Å². The molecule has 1 amide bonds. The van der Waals surface area contributed by atoms with Crippen molar-refractivity contribution in [1.82, 2.24) is 4.90 Å². The smallest absolute Gasteiger partial charge is 0.223 e. The summed E-state index contributed by atoms with van der Waals surface area (Å²) >= 11 is 1.67. The third-order valence-electron chi connectivity index (χ3n) is 3.61. The molecule has 3 nitrogen and oxygen atoms in total. The van der Waals surface area contributed by atoms with Crippen molar-refractivity contribution in [2.24, 2.45) is 0 Å². The Bertz CT molecular complexity index is 446. The maximum Gasteiger partial charge on any atom is 0.223 e. The number of thioether (sulfide) groups is 1. The van der Waals surface area contributed by atoms with E-state index >= 15 is 0 Å². The Morgan fingerprint density at radius 2 is 2.19 bits per heavy atom. The first kappa shape index (κ1) is 16.3. The van der Waals surface area contributed by atoms with Crippen LogP contribution in [0.2, 0.25) is 0 Å². The third-order valence-corrected chi connectivity index (χ3v) is 4.22. The van der Waals surface area contributed by atoms with Gasteiger partial charge in [-0.1, -0.05) is 12.1 Å². The number of rotatable bonds is 7. The van der Waals surface area contributed by atoms with Gasteiger partial charge in [0.2, 0.25) is 5.91 Å². The van der Waals surface area contributed by atoms with Gasteiger partial charge in [0.25, 0.3) is 0 Å². The van der Waals surface area contributed by atoms with Crippen molar-refractivity contribution in [3.63, 3.8) is 0 Å². The number of ether oxygens (including phenoxy) is 1. The minimum Gasteiger partial charge on any atom is -0.376 e.